The van der Waals surface area contributed by atoms with Crippen molar-refractivity contribution in [3.05, 3.63) is 179 Å². The fraction of sp³-hybridized carbons (Fsp3) is 0.216. The molecule has 1 spiro atoms. The highest BCUT2D eigenvalue weighted by molar-refractivity contribution is 5.96. The molecule has 6 aromatic carbocycles. The van der Waals surface area contributed by atoms with Crippen molar-refractivity contribution in [3.63, 3.8) is 0 Å². The summed E-state index contributed by atoms with van der Waals surface area (Å²) in [5, 5.41) is 0. The van der Waals surface area contributed by atoms with Crippen LogP contribution in [-0.4, -0.2) is 15.0 Å². The Morgan fingerprint density at radius 2 is 0.927 bits per heavy atom. The molecule has 13 rings (SSSR count). The maximum atomic E-state index is 7.47. The minimum absolute atomic E-state index is 0.296. The first-order valence-corrected chi connectivity index (χ1v) is 19.9. The molecule has 4 saturated carbocycles. The molecule has 4 fully saturated rings. The van der Waals surface area contributed by atoms with Gasteiger partial charge >= 0.3 is 0 Å². The number of hydrogen-bond donors (Lipinski definition) is 0. The summed E-state index contributed by atoms with van der Waals surface area (Å²) in [6.07, 6.45) is 8.38. The van der Waals surface area contributed by atoms with Crippen LogP contribution in [0.3, 0.4) is 0 Å². The van der Waals surface area contributed by atoms with Crippen molar-refractivity contribution in [2.75, 3.05) is 0 Å². The van der Waals surface area contributed by atoms with Crippen LogP contribution in [0.15, 0.2) is 140 Å². The van der Waals surface area contributed by atoms with Crippen LogP contribution in [0.4, 0.5) is 5.69 Å². The Hall–Kier alpha value is -6.18. The van der Waals surface area contributed by atoms with E-state index in [9.17, 15) is 0 Å². The van der Waals surface area contributed by atoms with Gasteiger partial charge in [-0.05, 0) is 118 Å². The predicted molar refractivity (Wildman–Crippen MR) is 219 cm³/mol. The van der Waals surface area contributed by atoms with E-state index in [-0.39, 0.29) is 0 Å². The average Bonchev–Trinajstić information content (AvgIpc) is 3.70. The molecule has 6 aliphatic carbocycles. The molecule has 0 N–H and O–H groups in total. The molecule has 4 bridgehead atoms. The molecule has 4 heteroatoms. The normalized spacial score (nSPS) is 22.9. The third kappa shape index (κ3) is 4.41. The van der Waals surface area contributed by atoms with Gasteiger partial charge in [0.25, 0.3) is 0 Å². The standard InChI is InChI=1S/C51H38N4/c1-52-38-19-15-35(16-20-38)48-53-47(34-9-3-2-4-10-34)54-49(55-48)36-17-21-41-42-22-18-37(50-28-31-23-32(29-50)25-33(24-31)30-50)27-46(42)51(45(41)26-36)43-13-7-5-11-39(43)40-12-6-8-14-44(40)51/h2-22,26-27,31-33H,23-25,28-30H2. The lowest BCUT2D eigenvalue weighted by atomic mass is 9.48. The minimum Gasteiger partial charge on any atom is -0.238 e. The Morgan fingerprint density at radius 3 is 1.53 bits per heavy atom. The molecule has 6 aliphatic rings. The summed E-state index contributed by atoms with van der Waals surface area (Å²) in [7, 11) is 0. The van der Waals surface area contributed by atoms with Gasteiger partial charge in [0.15, 0.2) is 23.2 Å². The van der Waals surface area contributed by atoms with E-state index in [4.69, 9.17) is 21.5 Å². The monoisotopic (exact) mass is 706 g/mol. The Bertz CT molecular complexity index is 2680. The Morgan fingerprint density at radius 1 is 0.455 bits per heavy atom. The lowest BCUT2D eigenvalue weighted by Crippen LogP contribution is -2.48. The Balaban J connectivity index is 1.09. The maximum Gasteiger partial charge on any atom is 0.187 e. The summed E-state index contributed by atoms with van der Waals surface area (Å²) < 4.78 is 0. The number of aromatic nitrogens is 3. The van der Waals surface area contributed by atoms with Crippen LogP contribution in [0.5, 0.6) is 0 Å². The molecule has 0 atom stereocenters. The molecule has 55 heavy (non-hydrogen) atoms. The summed E-state index contributed by atoms with van der Waals surface area (Å²) in [5.74, 6) is 4.52. The van der Waals surface area contributed by atoms with E-state index in [0.29, 0.717) is 28.6 Å². The van der Waals surface area contributed by atoms with Gasteiger partial charge < -0.3 is 0 Å². The lowest BCUT2D eigenvalue weighted by Gasteiger charge is -2.57. The molecular formula is C51H38N4. The highest BCUT2D eigenvalue weighted by Gasteiger charge is 2.55. The van der Waals surface area contributed by atoms with Gasteiger partial charge in [0, 0.05) is 16.7 Å². The molecule has 0 aliphatic heterocycles. The van der Waals surface area contributed by atoms with Crippen molar-refractivity contribution in [2.45, 2.75) is 49.4 Å². The Kier molecular flexibility index (Phi) is 6.48. The summed E-state index contributed by atoms with van der Waals surface area (Å²) in [5.41, 5.74) is 15.4. The van der Waals surface area contributed by atoms with Crippen LogP contribution in [-0.2, 0) is 10.8 Å². The van der Waals surface area contributed by atoms with Crippen molar-refractivity contribution < 1.29 is 0 Å². The van der Waals surface area contributed by atoms with Crippen LogP contribution < -0.4 is 0 Å². The molecule has 7 aromatic rings. The fourth-order valence-corrected chi connectivity index (χ4v) is 12.1. The Labute approximate surface area is 321 Å². The van der Waals surface area contributed by atoms with Gasteiger partial charge in [-0.25, -0.2) is 19.8 Å². The van der Waals surface area contributed by atoms with E-state index in [0.717, 1.165) is 34.4 Å². The zero-order valence-electron chi connectivity index (χ0n) is 30.5. The molecular weight excluding hydrogens is 669 g/mol. The fourth-order valence-electron chi connectivity index (χ4n) is 12.1. The van der Waals surface area contributed by atoms with E-state index in [1.165, 1.54) is 83.0 Å². The number of nitrogens with zero attached hydrogens (tertiary/aromatic N) is 4. The van der Waals surface area contributed by atoms with Gasteiger partial charge in [0.05, 0.1) is 12.0 Å². The summed E-state index contributed by atoms with van der Waals surface area (Å²) >= 11 is 0. The maximum absolute atomic E-state index is 7.47. The van der Waals surface area contributed by atoms with Gasteiger partial charge in [-0.15, -0.1) is 0 Å². The molecule has 4 nitrogen and oxygen atoms in total. The van der Waals surface area contributed by atoms with Gasteiger partial charge in [-0.3, -0.25) is 0 Å². The zero-order chi connectivity index (χ0) is 36.3. The van der Waals surface area contributed by atoms with E-state index >= 15 is 0 Å². The highest BCUT2D eigenvalue weighted by Crippen LogP contribution is 2.65. The first kappa shape index (κ1) is 31.2. The topological polar surface area (TPSA) is 43.0 Å². The predicted octanol–water partition coefficient (Wildman–Crippen LogP) is 12.2. The summed E-state index contributed by atoms with van der Waals surface area (Å²) in [6, 6.07) is 50.5. The van der Waals surface area contributed by atoms with Gasteiger partial charge in [-0.1, -0.05) is 133 Å². The van der Waals surface area contributed by atoms with Crippen molar-refractivity contribution in [1.29, 1.82) is 0 Å². The quantitative estimate of drug-likeness (QED) is 0.171. The molecule has 0 radical (unpaired) electrons. The molecule has 0 amide bonds. The van der Waals surface area contributed by atoms with E-state index < -0.39 is 5.41 Å². The van der Waals surface area contributed by atoms with Gasteiger partial charge in [-0.2, -0.15) is 0 Å². The minimum atomic E-state index is -0.458. The summed E-state index contributed by atoms with van der Waals surface area (Å²) in [4.78, 5) is 18.9. The zero-order valence-corrected chi connectivity index (χ0v) is 30.5. The molecule has 1 heterocycles. The SMILES string of the molecule is [C-]#[N+]c1ccc(-c2nc(-c3ccccc3)nc(-c3ccc4c(c3)C3(c5ccccc5-c5ccccc53)c3cc(C56CC7CC(CC(C7)C5)C6)ccc3-4)n2)cc1. The second kappa shape index (κ2) is 11.4. The van der Waals surface area contributed by atoms with Gasteiger partial charge in [0.1, 0.15) is 0 Å². The first-order valence-electron chi connectivity index (χ1n) is 19.9. The van der Waals surface area contributed by atoms with Crippen molar-refractivity contribution >= 4 is 5.69 Å². The van der Waals surface area contributed by atoms with Crippen LogP contribution in [0.2, 0.25) is 0 Å². The number of fused-ring (bicyclic) bond motifs is 10. The van der Waals surface area contributed by atoms with Gasteiger partial charge in [0.2, 0.25) is 0 Å². The highest BCUT2D eigenvalue weighted by atomic mass is 15.0. The molecule has 262 valence electrons. The second-order valence-electron chi connectivity index (χ2n) is 16.9. The second-order valence-corrected chi connectivity index (χ2v) is 16.9. The van der Waals surface area contributed by atoms with Crippen molar-refractivity contribution in [2.24, 2.45) is 17.8 Å². The number of hydrogen-bond acceptors (Lipinski definition) is 3. The van der Waals surface area contributed by atoms with Crippen LogP contribution >= 0.6 is 0 Å². The first-order chi connectivity index (χ1) is 27.1. The largest absolute Gasteiger partial charge is 0.238 e. The molecule has 1 aromatic heterocycles. The molecule has 0 saturated heterocycles. The van der Waals surface area contributed by atoms with E-state index in [1.807, 2.05) is 54.6 Å². The van der Waals surface area contributed by atoms with Crippen molar-refractivity contribution in [3.8, 4) is 56.4 Å². The third-order valence-corrected chi connectivity index (χ3v) is 13.9. The van der Waals surface area contributed by atoms with Crippen molar-refractivity contribution in [1.82, 2.24) is 15.0 Å². The molecule has 0 unspecified atom stereocenters. The number of benzene rings is 6. The van der Waals surface area contributed by atoms with Crippen LogP contribution in [0.25, 0.3) is 61.3 Å². The number of rotatable bonds is 4. The average molecular weight is 707 g/mol. The lowest BCUT2D eigenvalue weighted by molar-refractivity contribution is -0.00522. The van der Waals surface area contributed by atoms with Crippen LogP contribution in [0, 0.1) is 24.3 Å². The summed E-state index contributed by atoms with van der Waals surface area (Å²) in [6.45, 7) is 7.47. The smallest absolute Gasteiger partial charge is 0.187 e. The third-order valence-electron chi connectivity index (χ3n) is 13.9. The van der Waals surface area contributed by atoms with E-state index in [2.05, 4.69) is 89.8 Å². The van der Waals surface area contributed by atoms with E-state index in [1.54, 1.807) is 5.56 Å². The van der Waals surface area contributed by atoms with Crippen LogP contribution in [0.1, 0.15) is 66.3 Å².